The first kappa shape index (κ1) is 9.40. The maximum atomic E-state index is 5.66. The Hall–Kier alpha value is -0.830. The molecule has 3 heteroatoms. The van der Waals surface area contributed by atoms with Gasteiger partial charge in [0.05, 0.1) is 6.10 Å². The molecule has 0 amide bonds. The van der Waals surface area contributed by atoms with E-state index < -0.39 is 0 Å². The van der Waals surface area contributed by atoms with E-state index in [1.807, 2.05) is 0 Å². The fourth-order valence-corrected chi connectivity index (χ4v) is 2.67. The monoisotopic (exact) mass is 206 g/mol. The van der Waals surface area contributed by atoms with Crippen LogP contribution < -0.4 is 0 Å². The van der Waals surface area contributed by atoms with E-state index in [9.17, 15) is 0 Å². The zero-order valence-electron chi connectivity index (χ0n) is 9.11. The Morgan fingerprint density at radius 3 is 3.27 bits per heavy atom. The minimum atomic E-state index is 0.429. The molecule has 82 valence electrons. The third kappa shape index (κ3) is 1.81. The van der Waals surface area contributed by atoms with Gasteiger partial charge in [0, 0.05) is 31.5 Å². The van der Waals surface area contributed by atoms with Crippen molar-refractivity contribution in [1.82, 2.24) is 9.55 Å². The van der Waals surface area contributed by atoms with E-state index in [1.54, 1.807) is 0 Å². The van der Waals surface area contributed by atoms with Crippen LogP contribution in [0.4, 0.5) is 0 Å². The molecule has 0 saturated carbocycles. The van der Waals surface area contributed by atoms with Gasteiger partial charge in [-0.3, -0.25) is 0 Å². The lowest BCUT2D eigenvalue weighted by atomic mass is 10.1. The van der Waals surface area contributed by atoms with Gasteiger partial charge in [-0.25, -0.2) is 4.98 Å². The zero-order valence-corrected chi connectivity index (χ0v) is 9.11. The predicted octanol–water partition coefficient (Wildman–Crippen LogP) is 1.94. The Kier molecular flexibility index (Phi) is 2.49. The van der Waals surface area contributed by atoms with Crippen LogP contribution in [0.1, 0.15) is 37.2 Å². The smallest absolute Gasteiger partial charge is 0.111 e. The van der Waals surface area contributed by atoms with Crippen molar-refractivity contribution in [3.63, 3.8) is 0 Å². The van der Waals surface area contributed by atoms with Crippen LogP contribution in [0.3, 0.4) is 0 Å². The summed E-state index contributed by atoms with van der Waals surface area (Å²) >= 11 is 0. The SMILES string of the molecule is c1nc(CC2CCCO2)n2c1CCCC2. The molecule has 1 aromatic heterocycles. The van der Waals surface area contributed by atoms with Crippen LogP contribution in [-0.4, -0.2) is 22.3 Å². The highest BCUT2D eigenvalue weighted by Gasteiger charge is 2.20. The molecular weight excluding hydrogens is 188 g/mol. The first-order chi connectivity index (χ1) is 7.43. The molecule has 15 heavy (non-hydrogen) atoms. The summed E-state index contributed by atoms with van der Waals surface area (Å²) in [6, 6.07) is 0. The maximum Gasteiger partial charge on any atom is 0.111 e. The lowest BCUT2D eigenvalue weighted by Gasteiger charge is -2.17. The van der Waals surface area contributed by atoms with Gasteiger partial charge in [0.25, 0.3) is 0 Å². The predicted molar refractivity (Wildman–Crippen MR) is 57.8 cm³/mol. The molecule has 0 N–H and O–H groups in total. The number of hydrogen-bond acceptors (Lipinski definition) is 2. The lowest BCUT2D eigenvalue weighted by Crippen LogP contribution is -2.17. The van der Waals surface area contributed by atoms with Gasteiger partial charge in [-0.2, -0.15) is 0 Å². The summed E-state index contributed by atoms with van der Waals surface area (Å²) < 4.78 is 8.07. The summed E-state index contributed by atoms with van der Waals surface area (Å²) in [5.41, 5.74) is 1.43. The maximum absolute atomic E-state index is 5.66. The fraction of sp³-hybridized carbons (Fsp3) is 0.750. The highest BCUT2D eigenvalue weighted by Crippen LogP contribution is 2.21. The molecule has 1 saturated heterocycles. The highest BCUT2D eigenvalue weighted by molar-refractivity contribution is 5.08. The van der Waals surface area contributed by atoms with E-state index in [1.165, 1.54) is 43.6 Å². The molecule has 3 rings (SSSR count). The number of ether oxygens (including phenoxy) is 1. The molecule has 3 heterocycles. The fourth-order valence-electron chi connectivity index (χ4n) is 2.67. The molecule has 1 atom stereocenters. The van der Waals surface area contributed by atoms with Crippen molar-refractivity contribution in [2.75, 3.05) is 6.61 Å². The topological polar surface area (TPSA) is 27.1 Å². The molecule has 2 aliphatic rings. The second-order valence-corrected chi connectivity index (χ2v) is 4.61. The summed E-state index contributed by atoms with van der Waals surface area (Å²) in [5, 5.41) is 0. The van der Waals surface area contributed by atoms with Crippen molar-refractivity contribution in [2.45, 2.75) is 51.2 Å². The molecule has 0 radical (unpaired) electrons. The average molecular weight is 206 g/mol. The molecule has 3 nitrogen and oxygen atoms in total. The largest absolute Gasteiger partial charge is 0.378 e. The number of fused-ring (bicyclic) bond motifs is 1. The molecule has 0 aromatic carbocycles. The molecular formula is C12H18N2O. The first-order valence-corrected chi connectivity index (χ1v) is 6.08. The Bertz CT molecular complexity index is 339. The number of imidazole rings is 1. The van der Waals surface area contributed by atoms with Gasteiger partial charge in [-0.05, 0) is 32.1 Å². The summed E-state index contributed by atoms with van der Waals surface area (Å²) in [5.74, 6) is 1.25. The Balaban J connectivity index is 1.76. The quantitative estimate of drug-likeness (QED) is 0.739. The van der Waals surface area contributed by atoms with E-state index in [4.69, 9.17) is 4.74 Å². The van der Waals surface area contributed by atoms with Crippen molar-refractivity contribution in [1.29, 1.82) is 0 Å². The van der Waals surface area contributed by atoms with E-state index in [2.05, 4.69) is 15.7 Å². The second kappa shape index (κ2) is 3.97. The standard InChI is InChI=1S/C12H18N2O/c1-2-6-14-10(4-1)9-13-12(14)8-11-5-3-7-15-11/h9,11H,1-8H2. The van der Waals surface area contributed by atoms with Gasteiger partial charge in [0.15, 0.2) is 0 Å². The average Bonchev–Trinajstić information content (AvgIpc) is 2.89. The van der Waals surface area contributed by atoms with Crippen LogP contribution in [0.25, 0.3) is 0 Å². The van der Waals surface area contributed by atoms with Crippen LogP contribution in [0, 0.1) is 0 Å². The van der Waals surface area contributed by atoms with Crippen molar-refractivity contribution in [3.05, 3.63) is 17.7 Å². The minimum absolute atomic E-state index is 0.429. The molecule has 1 unspecified atom stereocenters. The molecule has 0 spiro atoms. The Morgan fingerprint density at radius 1 is 1.40 bits per heavy atom. The molecule has 2 aliphatic heterocycles. The van der Waals surface area contributed by atoms with Crippen LogP contribution in [-0.2, 0) is 24.1 Å². The minimum Gasteiger partial charge on any atom is -0.378 e. The summed E-state index contributed by atoms with van der Waals surface area (Å²) in [7, 11) is 0. The van der Waals surface area contributed by atoms with Crippen LogP contribution >= 0.6 is 0 Å². The number of nitrogens with zero attached hydrogens (tertiary/aromatic N) is 2. The Labute approximate surface area is 90.5 Å². The molecule has 1 aromatic rings. The zero-order chi connectivity index (χ0) is 10.1. The van der Waals surface area contributed by atoms with E-state index in [0.717, 1.165) is 19.6 Å². The molecule has 0 bridgehead atoms. The third-order valence-electron chi connectivity index (χ3n) is 3.52. The van der Waals surface area contributed by atoms with Gasteiger partial charge in [-0.1, -0.05) is 0 Å². The normalized spacial score (nSPS) is 25.5. The molecule has 0 aliphatic carbocycles. The van der Waals surface area contributed by atoms with E-state index in [-0.39, 0.29) is 0 Å². The van der Waals surface area contributed by atoms with E-state index in [0.29, 0.717) is 6.10 Å². The lowest BCUT2D eigenvalue weighted by molar-refractivity contribution is 0.109. The van der Waals surface area contributed by atoms with Gasteiger partial charge >= 0.3 is 0 Å². The second-order valence-electron chi connectivity index (χ2n) is 4.61. The van der Waals surface area contributed by atoms with E-state index >= 15 is 0 Å². The number of aromatic nitrogens is 2. The van der Waals surface area contributed by atoms with Crippen LogP contribution in [0.2, 0.25) is 0 Å². The van der Waals surface area contributed by atoms with Gasteiger partial charge in [0.2, 0.25) is 0 Å². The first-order valence-electron chi connectivity index (χ1n) is 6.08. The van der Waals surface area contributed by atoms with Crippen molar-refractivity contribution in [2.24, 2.45) is 0 Å². The highest BCUT2D eigenvalue weighted by atomic mass is 16.5. The molecule has 1 fully saturated rings. The number of aryl methyl sites for hydroxylation is 1. The van der Waals surface area contributed by atoms with Gasteiger partial charge < -0.3 is 9.30 Å². The van der Waals surface area contributed by atoms with Crippen molar-refractivity contribution >= 4 is 0 Å². The van der Waals surface area contributed by atoms with Crippen molar-refractivity contribution < 1.29 is 4.74 Å². The summed E-state index contributed by atoms with van der Waals surface area (Å²) in [4.78, 5) is 4.54. The van der Waals surface area contributed by atoms with Crippen LogP contribution in [0.15, 0.2) is 6.20 Å². The third-order valence-corrected chi connectivity index (χ3v) is 3.52. The van der Waals surface area contributed by atoms with Crippen LogP contribution in [0.5, 0.6) is 0 Å². The number of hydrogen-bond donors (Lipinski definition) is 0. The van der Waals surface area contributed by atoms with Gasteiger partial charge in [-0.15, -0.1) is 0 Å². The summed E-state index contributed by atoms with van der Waals surface area (Å²) in [6.07, 6.45) is 9.77. The number of rotatable bonds is 2. The Morgan fingerprint density at radius 2 is 2.40 bits per heavy atom. The summed E-state index contributed by atoms with van der Waals surface area (Å²) in [6.45, 7) is 2.11. The van der Waals surface area contributed by atoms with Crippen molar-refractivity contribution in [3.8, 4) is 0 Å². The van der Waals surface area contributed by atoms with Gasteiger partial charge in [0.1, 0.15) is 5.82 Å².